The highest BCUT2D eigenvalue weighted by atomic mass is 32.2. The third-order valence-electron chi connectivity index (χ3n) is 2.43. The maximum Gasteiger partial charge on any atom is 0.497 e. The molecule has 0 spiro atoms. The second-order valence-corrected chi connectivity index (χ2v) is 5.71. The van der Waals surface area contributed by atoms with E-state index < -0.39 is 20.6 Å². The van der Waals surface area contributed by atoms with Crippen molar-refractivity contribution in [1.29, 1.82) is 0 Å². The Morgan fingerprint density at radius 1 is 1.21 bits per heavy atom. The van der Waals surface area contributed by atoms with Gasteiger partial charge in [-0.3, -0.25) is 0 Å². The highest BCUT2D eigenvalue weighted by Crippen LogP contribution is 2.31. The van der Waals surface area contributed by atoms with E-state index in [0.29, 0.717) is 13.1 Å². The van der Waals surface area contributed by atoms with Gasteiger partial charge in [0.2, 0.25) is 0 Å². The van der Waals surface area contributed by atoms with Crippen LogP contribution in [0.1, 0.15) is 12.8 Å². The van der Waals surface area contributed by atoms with Crippen molar-refractivity contribution in [3.05, 3.63) is 0 Å². The average Bonchev–Trinajstić information content (AvgIpc) is 2.03. The molecule has 1 rings (SSSR count). The number of likely N-dealkylation sites (tertiary alicyclic amines) is 1. The van der Waals surface area contributed by atoms with Gasteiger partial charge in [-0.15, -0.1) is 0 Å². The van der Waals surface area contributed by atoms with Crippen LogP contribution in [0.15, 0.2) is 0 Å². The van der Waals surface area contributed by atoms with Crippen LogP contribution in [0.25, 0.3) is 0 Å². The van der Waals surface area contributed by atoms with Gasteiger partial charge in [0.25, 0.3) is 9.84 Å². The SMILES string of the molecule is CN1CCC(S(=O)(=O)C(F)(F)F)CC1. The Morgan fingerprint density at radius 3 is 2.00 bits per heavy atom. The predicted octanol–water partition coefficient (Wildman–Crippen LogP) is 1.02. The van der Waals surface area contributed by atoms with Gasteiger partial charge in [0.15, 0.2) is 0 Å². The van der Waals surface area contributed by atoms with Crippen LogP contribution in [0.2, 0.25) is 0 Å². The first-order valence-corrected chi connectivity index (χ1v) is 5.78. The van der Waals surface area contributed by atoms with Gasteiger partial charge < -0.3 is 4.90 Å². The summed E-state index contributed by atoms with van der Waals surface area (Å²) in [6.07, 6.45) is 0.136. The molecule has 3 nitrogen and oxygen atoms in total. The summed E-state index contributed by atoms with van der Waals surface area (Å²) in [6.45, 7) is 0.806. The Balaban J connectivity index is 2.76. The molecular weight excluding hydrogens is 219 g/mol. The average molecular weight is 231 g/mol. The van der Waals surface area contributed by atoms with E-state index in [9.17, 15) is 21.6 Å². The van der Waals surface area contributed by atoms with Crippen LogP contribution in [0, 0.1) is 0 Å². The fourth-order valence-corrected chi connectivity index (χ4v) is 2.69. The van der Waals surface area contributed by atoms with Crippen molar-refractivity contribution in [1.82, 2.24) is 4.90 Å². The topological polar surface area (TPSA) is 37.4 Å². The van der Waals surface area contributed by atoms with E-state index in [4.69, 9.17) is 0 Å². The minimum atomic E-state index is -5.10. The Kier molecular flexibility index (Phi) is 3.10. The first-order valence-electron chi connectivity index (χ1n) is 4.24. The van der Waals surface area contributed by atoms with Crippen LogP contribution in [0.5, 0.6) is 0 Å². The number of rotatable bonds is 1. The summed E-state index contributed by atoms with van der Waals surface area (Å²) < 4.78 is 58.3. The lowest BCUT2D eigenvalue weighted by Gasteiger charge is -2.28. The third-order valence-corrected chi connectivity index (χ3v) is 4.42. The fraction of sp³-hybridized carbons (Fsp3) is 1.00. The minimum absolute atomic E-state index is 0.0678. The van der Waals surface area contributed by atoms with Crippen LogP contribution < -0.4 is 0 Å². The normalized spacial score (nSPS) is 22.6. The number of halogens is 3. The van der Waals surface area contributed by atoms with E-state index in [1.165, 1.54) is 0 Å². The van der Waals surface area contributed by atoms with Crippen molar-refractivity contribution in [2.45, 2.75) is 23.6 Å². The summed E-state index contributed by atoms with van der Waals surface area (Å²) in [5, 5.41) is -1.25. The zero-order valence-electron chi connectivity index (χ0n) is 7.71. The molecule has 0 aromatic carbocycles. The Labute approximate surface area is 80.8 Å². The van der Waals surface area contributed by atoms with Gasteiger partial charge in [0.05, 0.1) is 5.25 Å². The maximum absolute atomic E-state index is 12.1. The van der Waals surface area contributed by atoms with Gasteiger partial charge in [-0.25, -0.2) is 8.42 Å². The molecule has 14 heavy (non-hydrogen) atoms. The maximum atomic E-state index is 12.1. The molecule has 0 radical (unpaired) electrons. The molecule has 0 N–H and O–H groups in total. The van der Waals surface area contributed by atoms with Crippen molar-refractivity contribution in [2.75, 3.05) is 20.1 Å². The highest BCUT2D eigenvalue weighted by molar-refractivity contribution is 7.92. The van der Waals surface area contributed by atoms with Crippen molar-refractivity contribution < 1.29 is 21.6 Å². The molecule has 1 aliphatic rings. The van der Waals surface area contributed by atoms with Gasteiger partial charge >= 0.3 is 5.51 Å². The highest BCUT2D eigenvalue weighted by Gasteiger charge is 2.50. The number of nitrogens with zero attached hydrogens (tertiary/aromatic N) is 1. The summed E-state index contributed by atoms with van der Waals surface area (Å²) >= 11 is 0. The number of hydrogen-bond acceptors (Lipinski definition) is 3. The largest absolute Gasteiger partial charge is 0.497 e. The van der Waals surface area contributed by atoms with Crippen molar-refractivity contribution in [3.63, 3.8) is 0 Å². The smallest absolute Gasteiger partial charge is 0.306 e. The summed E-state index contributed by atoms with van der Waals surface area (Å²) in [5.74, 6) is 0. The lowest BCUT2D eigenvalue weighted by atomic mass is 10.1. The van der Waals surface area contributed by atoms with Gasteiger partial charge in [-0.2, -0.15) is 13.2 Å². The van der Waals surface area contributed by atoms with Crippen molar-refractivity contribution in [2.24, 2.45) is 0 Å². The van der Waals surface area contributed by atoms with E-state index in [-0.39, 0.29) is 12.8 Å². The third kappa shape index (κ3) is 2.20. The zero-order valence-corrected chi connectivity index (χ0v) is 8.53. The Hall–Kier alpha value is -0.300. The second kappa shape index (κ2) is 3.69. The standard InChI is InChI=1S/C7H12F3NO2S/c1-11-4-2-6(3-5-11)14(12,13)7(8,9)10/h6H,2-5H2,1H3. The first kappa shape index (κ1) is 11.8. The molecular formula is C7H12F3NO2S. The molecule has 1 heterocycles. The van der Waals surface area contributed by atoms with Gasteiger partial charge in [0, 0.05) is 0 Å². The number of piperidine rings is 1. The van der Waals surface area contributed by atoms with Crippen molar-refractivity contribution in [3.8, 4) is 0 Å². The summed E-state index contributed by atoms with van der Waals surface area (Å²) in [4.78, 5) is 1.82. The monoisotopic (exact) mass is 231 g/mol. The van der Waals surface area contributed by atoms with Gasteiger partial charge in [-0.1, -0.05) is 0 Å². The first-order chi connectivity index (χ1) is 6.25. The van der Waals surface area contributed by atoms with Gasteiger partial charge in [0.1, 0.15) is 0 Å². The number of hydrogen-bond donors (Lipinski definition) is 0. The van der Waals surface area contributed by atoms with E-state index in [1.54, 1.807) is 7.05 Å². The molecule has 0 saturated carbocycles. The van der Waals surface area contributed by atoms with Crippen LogP contribution in [-0.2, 0) is 9.84 Å². The molecule has 1 aliphatic heterocycles. The molecule has 0 aromatic rings. The van der Waals surface area contributed by atoms with E-state index in [0.717, 1.165) is 0 Å². The molecule has 0 atom stereocenters. The van der Waals surface area contributed by atoms with E-state index in [1.807, 2.05) is 4.90 Å². The molecule has 0 bridgehead atoms. The van der Waals surface area contributed by atoms with Crippen LogP contribution in [0.4, 0.5) is 13.2 Å². The molecule has 0 aromatic heterocycles. The van der Waals surface area contributed by atoms with Crippen LogP contribution in [0.3, 0.4) is 0 Å². The molecule has 1 saturated heterocycles. The number of alkyl halides is 3. The van der Waals surface area contributed by atoms with E-state index in [2.05, 4.69) is 0 Å². The molecule has 1 fully saturated rings. The number of sulfone groups is 1. The zero-order chi connectivity index (χ0) is 11.0. The van der Waals surface area contributed by atoms with Gasteiger partial charge in [-0.05, 0) is 33.0 Å². The molecule has 0 unspecified atom stereocenters. The molecule has 7 heteroatoms. The summed E-state index contributed by atoms with van der Waals surface area (Å²) in [6, 6.07) is 0. The second-order valence-electron chi connectivity index (χ2n) is 3.49. The van der Waals surface area contributed by atoms with Crippen LogP contribution >= 0.6 is 0 Å². The van der Waals surface area contributed by atoms with Crippen molar-refractivity contribution >= 4 is 9.84 Å². The fourth-order valence-electron chi connectivity index (χ4n) is 1.48. The minimum Gasteiger partial charge on any atom is -0.306 e. The quantitative estimate of drug-likeness (QED) is 0.676. The lowest BCUT2D eigenvalue weighted by molar-refractivity contribution is -0.0449. The predicted molar refractivity (Wildman–Crippen MR) is 45.5 cm³/mol. The summed E-state index contributed by atoms with van der Waals surface area (Å²) in [5.41, 5.74) is -5.10. The summed E-state index contributed by atoms with van der Waals surface area (Å²) in [7, 11) is -3.19. The molecule has 0 aliphatic carbocycles. The van der Waals surface area contributed by atoms with Crippen LogP contribution in [-0.4, -0.2) is 44.2 Å². The Morgan fingerprint density at radius 2 is 1.64 bits per heavy atom. The van der Waals surface area contributed by atoms with E-state index >= 15 is 0 Å². The molecule has 84 valence electrons. The molecule has 0 amide bonds. The Bertz CT molecular complexity index is 291. The lowest BCUT2D eigenvalue weighted by Crippen LogP contribution is -2.42.